The molecule has 7 heteroatoms. The van der Waals surface area contributed by atoms with Crippen molar-refractivity contribution in [2.75, 3.05) is 13.2 Å². The first-order valence-corrected chi connectivity index (χ1v) is 9.89. The van der Waals surface area contributed by atoms with Crippen molar-refractivity contribution in [3.05, 3.63) is 72.3 Å². The van der Waals surface area contributed by atoms with Gasteiger partial charge >= 0.3 is 5.97 Å². The van der Waals surface area contributed by atoms with Gasteiger partial charge in [-0.05, 0) is 42.1 Å². The molecule has 0 unspecified atom stereocenters. The smallest absolute Gasteiger partial charge is 0.338 e. The fraction of sp³-hybridized carbons (Fsp3) is 0.150. The van der Waals surface area contributed by atoms with Gasteiger partial charge in [0, 0.05) is 11.9 Å². The zero-order chi connectivity index (χ0) is 19.3. The van der Waals surface area contributed by atoms with E-state index in [9.17, 15) is 18.3 Å². The van der Waals surface area contributed by atoms with E-state index in [0.29, 0.717) is 17.4 Å². The third-order valence-corrected chi connectivity index (χ3v) is 5.51. The number of fused-ring (bicyclic) bond motifs is 1. The number of sulfonamides is 1. The molecule has 27 heavy (non-hydrogen) atoms. The van der Waals surface area contributed by atoms with Gasteiger partial charge in [-0.25, -0.2) is 17.9 Å². The maximum absolute atomic E-state index is 12.6. The number of nitrogens with one attached hydrogen (secondary N) is 1. The number of benzene rings is 3. The summed E-state index contributed by atoms with van der Waals surface area (Å²) in [4.78, 5) is 12.1. The lowest BCUT2D eigenvalue weighted by molar-refractivity contribution is 0.0502. The number of ether oxygens (including phenoxy) is 1. The molecule has 6 nitrogen and oxygen atoms in total. The molecule has 0 aliphatic rings. The molecule has 140 valence electrons. The predicted molar refractivity (Wildman–Crippen MR) is 102 cm³/mol. The Morgan fingerprint density at radius 2 is 1.67 bits per heavy atom. The summed E-state index contributed by atoms with van der Waals surface area (Å²) in [6.07, 6.45) is 0.341. The number of rotatable bonds is 7. The Bertz CT molecular complexity index is 1040. The maximum atomic E-state index is 12.6. The van der Waals surface area contributed by atoms with Gasteiger partial charge in [-0.1, -0.05) is 36.4 Å². The highest BCUT2D eigenvalue weighted by Crippen LogP contribution is 2.22. The third-order valence-electron chi connectivity index (χ3n) is 3.99. The molecule has 0 saturated carbocycles. The normalized spacial score (nSPS) is 11.4. The highest BCUT2D eigenvalue weighted by molar-refractivity contribution is 7.89. The molecule has 0 atom stereocenters. The Morgan fingerprint density at radius 3 is 2.44 bits per heavy atom. The van der Waals surface area contributed by atoms with Crippen molar-refractivity contribution < 1.29 is 23.1 Å². The molecule has 0 heterocycles. The van der Waals surface area contributed by atoms with Gasteiger partial charge in [-0.15, -0.1) is 0 Å². The average Bonchev–Trinajstić information content (AvgIpc) is 2.67. The van der Waals surface area contributed by atoms with Crippen LogP contribution in [0.2, 0.25) is 0 Å². The van der Waals surface area contributed by atoms with Gasteiger partial charge in [0.25, 0.3) is 0 Å². The first-order chi connectivity index (χ1) is 13.0. The molecule has 0 spiro atoms. The summed E-state index contributed by atoms with van der Waals surface area (Å²) in [6.45, 7) is 0.228. The molecule has 3 rings (SSSR count). The van der Waals surface area contributed by atoms with Crippen LogP contribution in [0, 0.1) is 0 Å². The summed E-state index contributed by atoms with van der Waals surface area (Å²) in [5.41, 5.74) is 0.323. The Morgan fingerprint density at radius 1 is 0.963 bits per heavy atom. The Hall–Kier alpha value is -2.90. The van der Waals surface area contributed by atoms with Gasteiger partial charge in [0.05, 0.1) is 17.1 Å². The van der Waals surface area contributed by atoms with Crippen LogP contribution in [0.4, 0.5) is 0 Å². The number of carbonyl (C=O) groups is 1. The van der Waals surface area contributed by atoms with E-state index in [0.717, 1.165) is 5.39 Å². The fourth-order valence-corrected chi connectivity index (χ4v) is 3.93. The van der Waals surface area contributed by atoms with Gasteiger partial charge in [0.2, 0.25) is 10.0 Å². The summed E-state index contributed by atoms with van der Waals surface area (Å²) in [5.74, 6) is -0.457. The van der Waals surface area contributed by atoms with E-state index >= 15 is 0 Å². The second kappa shape index (κ2) is 8.20. The number of carbonyl (C=O) groups excluding carboxylic acids is 1. The van der Waals surface area contributed by atoms with Crippen molar-refractivity contribution in [3.63, 3.8) is 0 Å². The largest absolute Gasteiger partial charge is 0.508 e. The minimum absolute atomic E-state index is 0.0643. The van der Waals surface area contributed by atoms with E-state index in [1.807, 2.05) is 18.2 Å². The average molecular weight is 385 g/mol. The summed E-state index contributed by atoms with van der Waals surface area (Å²) < 4.78 is 32.7. The lowest BCUT2D eigenvalue weighted by Crippen LogP contribution is -2.26. The van der Waals surface area contributed by atoms with Crippen LogP contribution in [0.15, 0.2) is 71.6 Å². The van der Waals surface area contributed by atoms with E-state index in [2.05, 4.69) is 4.72 Å². The van der Waals surface area contributed by atoms with Gasteiger partial charge in [0.1, 0.15) is 5.75 Å². The van der Waals surface area contributed by atoms with Crippen molar-refractivity contribution in [2.24, 2.45) is 0 Å². The summed E-state index contributed by atoms with van der Waals surface area (Å²) >= 11 is 0. The zero-order valence-corrected chi connectivity index (χ0v) is 15.3. The molecule has 0 saturated heterocycles. The van der Waals surface area contributed by atoms with Crippen LogP contribution in [0.25, 0.3) is 10.8 Å². The molecule has 0 aliphatic heterocycles. The molecule has 0 amide bonds. The summed E-state index contributed by atoms with van der Waals surface area (Å²) in [5, 5.41) is 10.7. The van der Waals surface area contributed by atoms with Gasteiger partial charge in [-0.2, -0.15) is 0 Å². The predicted octanol–water partition coefficient (Wildman–Crippen LogP) is 3.07. The standard InChI is InChI=1S/C20H19NO5S/c22-17-11-9-16(10-12-17)20(23)26-14-4-13-21-27(24,25)19-8-3-6-15-5-1-2-7-18(15)19/h1-3,5-12,21-22H,4,13-14H2. The van der Waals surface area contributed by atoms with E-state index in [1.165, 1.54) is 24.3 Å². The molecule has 0 radical (unpaired) electrons. The number of phenolic OH excluding ortho intramolecular Hbond substituents is 1. The third kappa shape index (κ3) is 4.64. The molecular formula is C20H19NO5S. The molecule has 3 aromatic rings. The second-order valence-corrected chi connectivity index (χ2v) is 7.65. The van der Waals surface area contributed by atoms with Crippen LogP contribution < -0.4 is 4.72 Å². The van der Waals surface area contributed by atoms with Crippen LogP contribution in [-0.2, 0) is 14.8 Å². The first kappa shape index (κ1) is 18.9. The van der Waals surface area contributed by atoms with Crippen molar-refractivity contribution in [2.45, 2.75) is 11.3 Å². The van der Waals surface area contributed by atoms with Crippen LogP contribution in [-0.4, -0.2) is 32.6 Å². The topological polar surface area (TPSA) is 92.7 Å². The van der Waals surface area contributed by atoms with Crippen molar-refractivity contribution >= 4 is 26.8 Å². The minimum atomic E-state index is -3.66. The van der Waals surface area contributed by atoms with Crippen molar-refractivity contribution in [1.29, 1.82) is 0 Å². The maximum Gasteiger partial charge on any atom is 0.338 e. The van der Waals surface area contributed by atoms with Crippen molar-refractivity contribution in [1.82, 2.24) is 4.72 Å². The highest BCUT2D eigenvalue weighted by atomic mass is 32.2. The molecule has 0 fully saturated rings. The van der Waals surface area contributed by atoms with E-state index in [-0.39, 0.29) is 23.8 Å². The molecule has 0 aliphatic carbocycles. The van der Waals surface area contributed by atoms with Crippen LogP contribution >= 0.6 is 0 Å². The number of hydrogen-bond acceptors (Lipinski definition) is 5. The molecule has 0 aromatic heterocycles. The minimum Gasteiger partial charge on any atom is -0.508 e. The SMILES string of the molecule is O=C(OCCCNS(=O)(=O)c1cccc2ccccc12)c1ccc(O)cc1. The van der Waals surface area contributed by atoms with Gasteiger partial charge in [0.15, 0.2) is 0 Å². The first-order valence-electron chi connectivity index (χ1n) is 8.41. The van der Waals surface area contributed by atoms with Crippen LogP contribution in [0.3, 0.4) is 0 Å². The lowest BCUT2D eigenvalue weighted by atomic mass is 10.1. The molecule has 2 N–H and O–H groups in total. The Kier molecular flexibility index (Phi) is 5.73. The number of esters is 1. The molecule has 0 bridgehead atoms. The lowest BCUT2D eigenvalue weighted by Gasteiger charge is -2.10. The van der Waals surface area contributed by atoms with Gasteiger partial charge in [-0.3, -0.25) is 0 Å². The fourth-order valence-electron chi connectivity index (χ4n) is 2.63. The van der Waals surface area contributed by atoms with E-state index < -0.39 is 16.0 Å². The highest BCUT2D eigenvalue weighted by Gasteiger charge is 2.16. The van der Waals surface area contributed by atoms with E-state index in [4.69, 9.17) is 4.74 Å². The summed E-state index contributed by atoms with van der Waals surface area (Å²) in [7, 11) is -3.66. The molecular weight excluding hydrogens is 366 g/mol. The summed E-state index contributed by atoms with van der Waals surface area (Å²) in [6, 6.07) is 18.1. The monoisotopic (exact) mass is 385 g/mol. The van der Waals surface area contributed by atoms with Crippen LogP contribution in [0.5, 0.6) is 5.75 Å². The van der Waals surface area contributed by atoms with Gasteiger partial charge < -0.3 is 9.84 Å². The number of aromatic hydroxyl groups is 1. The van der Waals surface area contributed by atoms with Crippen LogP contribution in [0.1, 0.15) is 16.8 Å². The number of phenols is 1. The Labute approximate surface area is 157 Å². The number of hydrogen-bond donors (Lipinski definition) is 2. The quantitative estimate of drug-likeness (QED) is 0.482. The second-order valence-electron chi connectivity index (χ2n) is 5.91. The Balaban J connectivity index is 1.54. The molecule has 3 aromatic carbocycles. The zero-order valence-electron chi connectivity index (χ0n) is 14.5. The van der Waals surface area contributed by atoms with E-state index in [1.54, 1.807) is 24.3 Å². The van der Waals surface area contributed by atoms with Crippen molar-refractivity contribution in [3.8, 4) is 5.75 Å².